The van der Waals surface area contributed by atoms with E-state index >= 15 is 0 Å². The fraction of sp³-hybridized carbons (Fsp3) is 0.130. The highest BCUT2D eigenvalue weighted by Crippen LogP contribution is 2.22. The number of anilines is 1. The van der Waals surface area contributed by atoms with Crippen LogP contribution >= 0.6 is 0 Å². The molecule has 0 atom stereocenters. The van der Waals surface area contributed by atoms with Crippen LogP contribution in [0.1, 0.15) is 21.5 Å². The van der Waals surface area contributed by atoms with Crippen LogP contribution in [0.2, 0.25) is 0 Å². The normalized spacial score (nSPS) is 10.2. The molecule has 3 aromatic carbocycles. The van der Waals surface area contributed by atoms with E-state index < -0.39 is 0 Å². The van der Waals surface area contributed by atoms with Crippen molar-refractivity contribution < 1.29 is 14.3 Å². The minimum absolute atomic E-state index is 0.103. The zero-order chi connectivity index (χ0) is 19.9. The summed E-state index contributed by atoms with van der Waals surface area (Å²) in [5.41, 5.74) is 3.33. The second-order valence-corrected chi connectivity index (χ2v) is 6.47. The molecule has 0 heterocycles. The van der Waals surface area contributed by atoms with Crippen LogP contribution in [0.25, 0.3) is 0 Å². The minimum atomic E-state index is -0.297. The first-order valence-corrected chi connectivity index (χ1v) is 8.99. The van der Waals surface area contributed by atoms with Crippen LogP contribution < -0.4 is 15.4 Å². The predicted molar refractivity (Wildman–Crippen MR) is 110 cm³/mol. The molecule has 5 heteroatoms. The van der Waals surface area contributed by atoms with Gasteiger partial charge in [-0.1, -0.05) is 24.3 Å². The van der Waals surface area contributed by atoms with E-state index in [9.17, 15) is 9.59 Å². The maximum atomic E-state index is 12.2. The number of amides is 2. The lowest BCUT2D eigenvalue weighted by Gasteiger charge is -2.09. The maximum Gasteiger partial charge on any atom is 0.251 e. The van der Waals surface area contributed by atoms with Crippen molar-refractivity contribution in [3.8, 4) is 11.5 Å². The minimum Gasteiger partial charge on any atom is -0.457 e. The van der Waals surface area contributed by atoms with Crippen molar-refractivity contribution >= 4 is 17.5 Å². The quantitative estimate of drug-likeness (QED) is 0.669. The SMILES string of the molecule is Cc1ccc(C(=O)NCC(=O)Nc2ccc(Oc3ccccc3)cc2)cc1C. The number of para-hydroxylation sites is 1. The maximum absolute atomic E-state index is 12.2. The van der Waals surface area contributed by atoms with Crippen molar-refractivity contribution in [1.82, 2.24) is 5.32 Å². The van der Waals surface area contributed by atoms with Gasteiger partial charge in [0.05, 0.1) is 6.54 Å². The molecule has 0 aliphatic carbocycles. The standard InChI is InChI=1S/C23H22N2O3/c1-16-8-9-18(14-17(16)2)23(27)24-15-22(26)25-19-10-12-21(13-11-19)28-20-6-4-3-5-7-20/h3-14H,15H2,1-2H3,(H,24,27)(H,25,26). The van der Waals surface area contributed by atoms with Crippen LogP contribution in [0.3, 0.4) is 0 Å². The van der Waals surface area contributed by atoms with Gasteiger partial charge in [0.1, 0.15) is 11.5 Å². The van der Waals surface area contributed by atoms with Gasteiger partial charge in [-0.05, 0) is 73.5 Å². The first-order chi connectivity index (χ1) is 13.5. The Labute approximate surface area is 164 Å². The highest BCUT2D eigenvalue weighted by molar-refractivity contribution is 5.99. The number of aryl methyl sites for hydroxylation is 2. The Morgan fingerprint density at radius 2 is 1.50 bits per heavy atom. The molecule has 28 heavy (non-hydrogen) atoms. The zero-order valence-corrected chi connectivity index (χ0v) is 15.9. The van der Waals surface area contributed by atoms with Gasteiger partial charge in [-0.3, -0.25) is 9.59 Å². The summed E-state index contributed by atoms with van der Waals surface area (Å²) in [5.74, 6) is 0.847. The summed E-state index contributed by atoms with van der Waals surface area (Å²) >= 11 is 0. The molecule has 0 radical (unpaired) electrons. The van der Waals surface area contributed by atoms with Gasteiger partial charge in [0, 0.05) is 11.3 Å². The number of carbonyl (C=O) groups excluding carboxylic acids is 2. The third-order valence-electron chi connectivity index (χ3n) is 4.30. The summed E-state index contributed by atoms with van der Waals surface area (Å²) in [7, 11) is 0. The Hall–Kier alpha value is -3.60. The molecule has 3 rings (SSSR count). The predicted octanol–water partition coefficient (Wildman–Crippen LogP) is 4.46. The topological polar surface area (TPSA) is 67.4 Å². The van der Waals surface area contributed by atoms with Crippen molar-refractivity contribution in [1.29, 1.82) is 0 Å². The number of ether oxygens (including phenoxy) is 1. The Bertz CT molecular complexity index is 967. The van der Waals surface area contributed by atoms with Crippen LogP contribution in [-0.2, 0) is 4.79 Å². The second-order valence-electron chi connectivity index (χ2n) is 6.47. The molecule has 2 N–H and O–H groups in total. The number of nitrogens with one attached hydrogen (secondary N) is 2. The first kappa shape index (κ1) is 19.2. The number of hydrogen-bond acceptors (Lipinski definition) is 3. The average molecular weight is 374 g/mol. The average Bonchev–Trinajstić information content (AvgIpc) is 2.70. The molecule has 5 nitrogen and oxygen atoms in total. The first-order valence-electron chi connectivity index (χ1n) is 8.99. The molecule has 0 aliphatic rings. The highest BCUT2D eigenvalue weighted by atomic mass is 16.5. The molecule has 3 aromatic rings. The van der Waals surface area contributed by atoms with Gasteiger partial charge in [0.25, 0.3) is 5.91 Å². The van der Waals surface area contributed by atoms with Crippen molar-refractivity contribution in [2.24, 2.45) is 0 Å². The lowest BCUT2D eigenvalue weighted by Crippen LogP contribution is -2.32. The third kappa shape index (κ3) is 5.20. The lowest BCUT2D eigenvalue weighted by molar-refractivity contribution is -0.115. The Balaban J connectivity index is 1.50. The number of carbonyl (C=O) groups is 2. The lowest BCUT2D eigenvalue weighted by atomic mass is 10.1. The summed E-state index contributed by atoms with van der Waals surface area (Å²) in [4.78, 5) is 24.3. The van der Waals surface area contributed by atoms with E-state index in [2.05, 4.69) is 10.6 Å². The van der Waals surface area contributed by atoms with E-state index in [1.54, 1.807) is 30.3 Å². The molecule has 0 aromatic heterocycles. The van der Waals surface area contributed by atoms with E-state index in [-0.39, 0.29) is 18.4 Å². The van der Waals surface area contributed by atoms with Crippen LogP contribution in [0.15, 0.2) is 72.8 Å². The summed E-state index contributed by atoms with van der Waals surface area (Å²) in [6, 6.07) is 22.0. The van der Waals surface area contributed by atoms with Gasteiger partial charge in [-0.25, -0.2) is 0 Å². The molecule has 0 saturated heterocycles. The zero-order valence-electron chi connectivity index (χ0n) is 15.9. The van der Waals surface area contributed by atoms with Crippen LogP contribution in [-0.4, -0.2) is 18.4 Å². The molecular formula is C23H22N2O3. The van der Waals surface area contributed by atoms with E-state index in [0.717, 1.165) is 16.9 Å². The number of hydrogen-bond donors (Lipinski definition) is 2. The molecule has 2 amide bonds. The Morgan fingerprint density at radius 3 is 2.18 bits per heavy atom. The van der Waals surface area contributed by atoms with E-state index in [0.29, 0.717) is 17.0 Å². The number of rotatable bonds is 6. The smallest absolute Gasteiger partial charge is 0.251 e. The van der Waals surface area contributed by atoms with Crippen LogP contribution in [0, 0.1) is 13.8 Å². The largest absolute Gasteiger partial charge is 0.457 e. The van der Waals surface area contributed by atoms with Gasteiger partial charge in [0.2, 0.25) is 5.91 Å². The van der Waals surface area contributed by atoms with Crippen molar-refractivity contribution in [2.45, 2.75) is 13.8 Å². The molecule has 0 fully saturated rings. The molecule has 142 valence electrons. The van der Waals surface area contributed by atoms with Crippen molar-refractivity contribution in [3.05, 3.63) is 89.5 Å². The van der Waals surface area contributed by atoms with Crippen molar-refractivity contribution in [3.63, 3.8) is 0 Å². The van der Waals surface area contributed by atoms with Gasteiger partial charge < -0.3 is 15.4 Å². The fourth-order valence-corrected chi connectivity index (χ4v) is 2.58. The van der Waals surface area contributed by atoms with Gasteiger partial charge in [-0.2, -0.15) is 0 Å². The summed E-state index contributed by atoms with van der Waals surface area (Å²) in [6.45, 7) is 3.83. The molecule has 0 bridgehead atoms. The molecular weight excluding hydrogens is 352 g/mol. The van der Waals surface area contributed by atoms with E-state index in [4.69, 9.17) is 4.74 Å². The van der Waals surface area contributed by atoms with Crippen LogP contribution in [0.5, 0.6) is 11.5 Å². The summed E-state index contributed by atoms with van der Waals surface area (Å²) in [6.07, 6.45) is 0. The Kier molecular flexibility index (Phi) is 6.07. The van der Waals surface area contributed by atoms with Gasteiger partial charge in [-0.15, -0.1) is 0 Å². The summed E-state index contributed by atoms with van der Waals surface area (Å²) < 4.78 is 5.71. The monoisotopic (exact) mass is 374 g/mol. The molecule has 0 saturated carbocycles. The second kappa shape index (κ2) is 8.86. The fourth-order valence-electron chi connectivity index (χ4n) is 2.58. The molecule has 0 aliphatic heterocycles. The Morgan fingerprint density at radius 1 is 0.821 bits per heavy atom. The van der Waals surface area contributed by atoms with Crippen molar-refractivity contribution in [2.75, 3.05) is 11.9 Å². The third-order valence-corrected chi connectivity index (χ3v) is 4.30. The van der Waals surface area contributed by atoms with E-state index in [1.165, 1.54) is 0 Å². The molecule has 0 spiro atoms. The highest BCUT2D eigenvalue weighted by Gasteiger charge is 2.09. The molecule has 0 unspecified atom stereocenters. The van der Waals surface area contributed by atoms with E-state index in [1.807, 2.05) is 56.3 Å². The van der Waals surface area contributed by atoms with Crippen LogP contribution in [0.4, 0.5) is 5.69 Å². The van der Waals surface area contributed by atoms with Gasteiger partial charge >= 0.3 is 0 Å². The van der Waals surface area contributed by atoms with Gasteiger partial charge in [0.15, 0.2) is 0 Å². The number of benzene rings is 3. The summed E-state index contributed by atoms with van der Waals surface area (Å²) in [5, 5.41) is 5.39.